The first-order valence-corrected chi connectivity index (χ1v) is 6.59. The van der Waals surface area contributed by atoms with E-state index in [9.17, 15) is 9.90 Å². The number of urea groups is 1. The van der Waals surface area contributed by atoms with Crippen molar-refractivity contribution in [3.63, 3.8) is 0 Å². The lowest BCUT2D eigenvalue weighted by atomic mass is 9.87. The number of benzene rings is 1. The number of hydrogen-bond donors (Lipinski definition) is 3. The molecule has 0 saturated heterocycles. The highest BCUT2D eigenvalue weighted by molar-refractivity contribution is 5.90. The average Bonchev–Trinajstić information content (AvgIpc) is 2.28. The van der Waals surface area contributed by atoms with Gasteiger partial charge in [0.1, 0.15) is 0 Å². The number of aryl methyl sites for hydroxylation is 1. The third-order valence-electron chi connectivity index (χ3n) is 2.97. The van der Waals surface area contributed by atoms with Crippen LogP contribution in [-0.4, -0.2) is 23.8 Å². The second kappa shape index (κ2) is 6.57. The Morgan fingerprint density at radius 1 is 1.37 bits per heavy atom. The predicted octanol–water partition coefficient (Wildman–Crippen LogP) is 2.91. The summed E-state index contributed by atoms with van der Waals surface area (Å²) in [6.07, 6.45) is 0.286. The van der Waals surface area contributed by atoms with Crippen LogP contribution in [0.4, 0.5) is 10.5 Å². The molecule has 0 fully saturated rings. The number of amides is 2. The van der Waals surface area contributed by atoms with Crippen molar-refractivity contribution < 1.29 is 9.90 Å². The summed E-state index contributed by atoms with van der Waals surface area (Å²) in [6, 6.07) is 7.43. The normalized spacial score (nSPS) is 12.9. The van der Waals surface area contributed by atoms with E-state index in [1.807, 2.05) is 45.0 Å². The van der Waals surface area contributed by atoms with Crippen molar-refractivity contribution >= 4 is 11.7 Å². The van der Waals surface area contributed by atoms with Crippen molar-refractivity contribution in [1.82, 2.24) is 5.32 Å². The maximum Gasteiger partial charge on any atom is 0.319 e. The lowest BCUT2D eigenvalue weighted by Crippen LogP contribution is -2.38. The molecule has 1 atom stereocenters. The van der Waals surface area contributed by atoms with Gasteiger partial charge in [0.05, 0.1) is 6.10 Å². The summed E-state index contributed by atoms with van der Waals surface area (Å²) in [5, 5.41) is 15.1. The van der Waals surface area contributed by atoms with Gasteiger partial charge < -0.3 is 15.7 Å². The van der Waals surface area contributed by atoms with Gasteiger partial charge >= 0.3 is 6.03 Å². The highest BCUT2D eigenvalue weighted by Crippen LogP contribution is 2.21. The van der Waals surface area contributed by atoms with Crippen LogP contribution >= 0.6 is 0 Å². The van der Waals surface area contributed by atoms with Gasteiger partial charge in [0, 0.05) is 12.2 Å². The molecule has 1 rings (SSSR count). The van der Waals surface area contributed by atoms with Crippen molar-refractivity contribution in [1.29, 1.82) is 0 Å². The molecule has 1 aromatic rings. The van der Waals surface area contributed by atoms with E-state index in [1.54, 1.807) is 6.92 Å². The van der Waals surface area contributed by atoms with Crippen molar-refractivity contribution in [2.45, 2.75) is 40.2 Å². The fraction of sp³-hybridized carbons (Fsp3) is 0.533. The van der Waals surface area contributed by atoms with E-state index >= 15 is 0 Å². The second-order valence-electron chi connectivity index (χ2n) is 5.84. The zero-order valence-electron chi connectivity index (χ0n) is 12.2. The first kappa shape index (κ1) is 15.5. The number of aliphatic hydroxyl groups excluding tert-OH is 1. The van der Waals surface area contributed by atoms with Crippen molar-refractivity contribution in [2.75, 3.05) is 11.9 Å². The van der Waals surface area contributed by atoms with E-state index in [4.69, 9.17) is 0 Å². The number of nitrogens with one attached hydrogen (secondary N) is 2. The van der Waals surface area contributed by atoms with E-state index in [0.29, 0.717) is 13.0 Å². The minimum atomic E-state index is -0.365. The Morgan fingerprint density at radius 3 is 2.58 bits per heavy atom. The van der Waals surface area contributed by atoms with Crippen LogP contribution in [0.1, 0.15) is 32.8 Å². The highest BCUT2D eigenvalue weighted by atomic mass is 16.3. The van der Waals surface area contributed by atoms with Gasteiger partial charge in [0.2, 0.25) is 0 Å². The van der Waals surface area contributed by atoms with Crippen molar-refractivity contribution in [3.8, 4) is 0 Å². The molecule has 1 unspecified atom stereocenters. The highest BCUT2D eigenvalue weighted by Gasteiger charge is 2.21. The maximum absolute atomic E-state index is 11.8. The van der Waals surface area contributed by atoms with Crippen LogP contribution in [0.25, 0.3) is 0 Å². The Morgan fingerprint density at radius 2 is 2.00 bits per heavy atom. The minimum Gasteiger partial charge on any atom is -0.393 e. The van der Waals surface area contributed by atoms with E-state index < -0.39 is 0 Å². The van der Waals surface area contributed by atoms with Crippen LogP contribution in [0.15, 0.2) is 24.3 Å². The average molecular weight is 264 g/mol. The summed E-state index contributed by atoms with van der Waals surface area (Å²) in [6.45, 7) is 8.28. The van der Waals surface area contributed by atoms with E-state index in [1.165, 1.54) is 0 Å². The van der Waals surface area contributed by atoms with Gasteiger partial charge in [-0.05, 0) is 37.3 Å². The molecular formula is C15H24N2O2. The van der Waals surface area contributed by atoms with E-state index in [2.05, 4.69) is 10.6 Å². The zero-order valence-corrected chi connectivity index (χ0v) is 12.2. The van der Waals surface area contributed by atoms with Crippen LogP contribution in [0.3, 0.4) is 0 Å². The van der Waals surface area contributed by atoms with E-state index in [0.717, 1.165) is 11.3 Å². The first-order chi connectivity index (χ1) is 8.80. The fourth-order valence-corrected chi connectivity index (χ4v) is 2.07. The molecule has 0 aliphatic heterocycles. The Labute approximate surface area is 115 Å². The topological polar surface area (TPSA) is 61.4 Å². The summed E-state index contributed by atoms with van der Waals surface area (Å²) in [5.74, 6) is 0. The molecule has 4 heteroatoms. The van der Waals surface area contributed by atoms with E-state index in [-0.39, 0.29) is 17.6 Å². The number of rotatable bonds is 5. The molecular weight excluding hydrogens is 240 g/mol. The molecule has 0 heterocycles. The minimum absolute atomic E-state index is 0.128. The number of anilines is 1. The third-order valence-corrected chi connectivity index (χ3v) is 2.97. The molecule has 0 saturated carbocycles. The second-order valence-corrected chi connectivity index (χ2v) is 5.84. The van der Waals surface area contributed by atoms with Crippen LogP contribution in [0, 0.1) is 12.3 Å². The molecule has 19 heavy (non-hydrogen) atoms. The molecule has 0 aromatic heterocycles. The Hall–Kier alpha value is -1.55. The summed E-state index contributed by atoms with van der Waals surface area (Å²) in [4.78, 5) is 11.8. The van der Waals surface area contributed by atoms with Crippen LogP contribution in [0.5, 0.6) is 0 Å². The van der Waals surface area contributed by atoms with Crippen molar-refractivity contribution in [3.05, 3.63) is 29.8 Å². The molecule has 106 valence electrons. The van der Waals surface area contributed by atoms with Crippen molar-refractivity contribution in [2.24, 2.45) is 5.41 Å². The molecule has 2 amide bonds. The van der Waals surface area contributed by atoms with Gasteiger partial charge in [-0.3, -0.25) is 0 Å². The quantitative estimate of drug-likeness (QED) is 0.765. The first-order valence-electron chi connectivity index (χ1n) is 6.59. The van der Waals surface area contributed by atoms with Gasteiger partial charge in [-0.1, -0.05) is 32.0 Å². The van der Waals surface area contributed by atoms with Crippen LogP contribution in [-0.2, 0) is 0 Å². The third kappa shape index (κ3) is 5.75. The van der Waals surface area contributed by atoms with Gasteiger partial charge in [0.15, 0.2) is 0 Å². The molecule has 1 aromatic carbocycles. The monoisotopic (exact) mass is 264 g/mol. The molecule has 0 bridgehead atoms. The van der Waals surface area contributed by atoms with Gasteiger partial charge in [-0.25, -0.2) is 4.79 Å². The molecule has 3 N–H and O–H groups in total. The molecule has 0 aliphatic rings. The Kier molecular flexibility index (Phi) is 5.36. The predicted molar refractivity (Wildman–Crippen MR) is 78.3 cm³/mol. The Bertz CT molecular complexity index is 428. The Balaban J connectivity index is 2.46. The number of para-hydroxylation sites is 1. The molecule has 4 nitrogen and oxygen atoms in total. The summed E-state index contributed by atoms with van der Waals surface area (Å²) in [7, 11) is 0. The number of hydrogen-bond acceptors (Lipinski definition) is 2. The van der Waals surface area contributed by atoms with Crippen LogP contribution in [0.2, 0.25) is 0 Å². The van der Waals surface area contributed by atoms with Gasteiger partial charge in [-0.15, -0.1) is 0 Å². The molecule has 0 spiro atoms. The largest absolute Gasteiger partial charge is 0.393 e. The summed E-state index contributed by atoms with van der Waals surface area (Å²) >= 11 is 0. The molecule has 0 aliphatic carbocycles. The van der Waals surface area contributed by atoms with Gasteiger partial charge in [-0.2, -0.15) is 0 Å². The zero-order chi connectivity index (χ0) is 14.5. The number of aliphatic hydroxyl groups is 1. The SMILES string of the molecule is Cc1ccccc1NC(=O)NCC(C)(C)CC(C)O. The lowest BCUT2D eigenvalue weighted by Gasteiger charge is -2.26. The molecule has 0 radical (unpaired) electrons. The van der Waals surface area contributed by atoms with Gasteiger partial charge in [0.25, 0.3) is 0 Å². The summed E-state index contributed by atoms with van der Waals surface area (Å²) in [5.41, 5.74) is 1.71. The smallest absolute Gasteiger partial charge is 0.319 e. The summed E-state index contributed by atoms with van der Waals surface area (Å²) < 4.78 is 0. The maximum atomic E-state index is 11.8. The van der Waals surface area contributed by atoms with Crippen LogP contribution < -0.4 is 10.6 Å². The lowest BCUT2D eigenvalue weighted by molar-refractivity contribution is 0.129. The fourth-order valence-electron chi connectivity index (χ4n) is 2.07. The number of carbonyl (C=O) groups is 1. The standard InChI is InChI=1S/C15H24N2O2/c1-11-7-5-6-8-13(11)17-14(19)16-10-15(3,4)9-12(2)18/h5-8,12,18H,9-10H2,1-4H3,(H2,16,17,19). The number of carbonyl (C=O) groups excluding carboxylic acids is 1.